The molecule has 3 atom stereocenters. The van der Waals surface area contributed by atoms with Gasteiger partial charge >= 0.3 is 0 Å². The van der Waals surface area contributed by atoms with Crippen molar-refractivity contribution in [3.8, 4) is 0 Å². The van der Waals surface area contributed by atoms with E-state index in [0.717, 1.165) is 26.1 Å². The van der Waals surface area contributed by atoms with Crippen LogP contribution in [0.4, 0.5) is 0 Å². The number of benzene rings is 1. The topological polar surface area (TPSA) is 41.5 Å². The van der Waals surface area contributed by atoms with Crippen molar-refractivity contribution in [2.45, 2.75) is 38.3 Å². The average molecular weight is 263 g/mol. The maximum absolute atomic E-state index is 9.04. The fourth-order valence-electron chi connectivity index (χ4n) is 2.71. The number of rotatable bonds is 7. The zero-order chi connectivity index (χ0) is 13.5. The largest absolute Gasteiger partial charge is 0.396 e. The molecule has 1 aliphatic rings. The first-order chi connectivity index (χ1) is 9.29. The maximum Gasteiger partial charge on any atom is 0.0495 e. The Labute approximate surface area is 116 Å². The summed E-state index contributed by atoms with van der Waals surface area (Å²) in [7, 11) is 0. The second-order valence-electron chi connectivity index (χ2n) is 5.51. The molecule has 3 heteroatoms. The van der Waals surface area contributed by atoms with E-state index in [0.29, 0.717) is 18.0 Å². The summed E-state index contributed by atoms with van der Waals surface area (Å²) in [6, 6.07) is 11.3. The molecule has 0 bridgehead atoms. The minimum absolute atomic E-state index is 0.238. The molecule has 0 spiro atoms. The van der Waals surface area contributed by atoms with Crippen molar-refractivity contribution in [2.24, 2.45) is 5.92 Å². The van der Waals surface area contributed by atoms with E-state index in [1.807, 2.05) is 0 Å². The predicted molar refractivity (Wildman–Crippen MR) is 77.0 cm³/mol. The first-order valence-electron chi connectivity index (χ1n) is 7.29. The van der Waals surface area contributed by atoms with Crippen LogP contribution in [0.3, 0.4) is 0 Å². The molecule has 0 aliphatic carbocycles. The van der Waals surface area contributed by atoms with E-state index in [2.05, 4.69) is 42.6 Å². The van der Waals surface area contributed by atoms with Crippen molar-refractivity contribution in [3.63, 3.8) is 0 Å². The molecule has 0 saturated carbocycles. The molecule has 2 rings (SSSR count). The molecule has 3 nitrogen and oxygen atoms in total. The Balaban J connectivity index is 1.99. The molecular weight excluding hydrogens is 238 g/mol. The summed E-state index contributed by atoms with van der Waals surface area (Å²) in [5.74, 6) is 0.652. The minimum Gasteiger partial charge on any atom is -0.396 e. The quantitative estimate of drug-likeness (QED) is 0.794. The summed E-state index contributed by atoms with van der Waals surface area (Å²) >= 11 is 0. The molecule has 1 aromatic rings. The van der Waals surface area contributed by atoms with Gasteiger partial charge in [-0.25, -0.2) is 0 Å². The highest BCUT2D eigenvalue weighted by Crippen LogP contribution is 2.27. The van der Waals surface area contributed by atoms with Crippen LogP contribution in [0.2, 0.25) is 0 Å². The third-order valence-electron chi connectivity index (χ3n) is 3.84. The van der Waals surface area contributed by atoms with Crippen LogP contribution in [0, 0.1) is 5.92 Å². The van der Waals surface area contributed by atoms with Gasteiger partial charge in [0.05, 0.1) is 0 Å². The van der Waals surface area contributed by atoms with Crippen molar-refractivity contribution in [3.05, 3.63) is 35.9 Å². The number of aliphatic hydroxyl groups excluding tert-OH is 1. The van der Waals surface area contributed by atoms with Crippen LogP contribution in [0.25, 0.3) is 0 Å². The normalized spacial score (nSPS) is 22.3. The van der Waals surface area contributed by atoms with Gasteiger partial charge in [-0.2, -0.15) is 0 Å². The molecule has 0 amide bonds. The summed E-state index contributed by atoms with van der Waals surface area (Å²) in [4.78, 5) is 0. The molecule has 1 aliphatic heterocycles. The van der Waals surface area contributed by atoms with Crippen LogP contribution in [0.15, 0.2) is 30.3 Å². The van der Waals surface area contributed by atoms with Gasteiger partial charge in [0, 0.05) is 31.9 Å². The summed E-state index contributed by atoms with van der Waals surface area (Å²) < 4.78 is 5.48. The summed E-state index contributed by atoms with van der Waals surface area (Å²) in [5, 5.41) is 12.7. The number of hydrogen-bond donors (Lipinski definition) is 2. The lowest BCUT2D eigenvalue weighted by atomic mass is 9.93. The summed E-state index contributed by atoms with van der Waals surface area (Å²) in [6.07, 6.45) is 3.07. The highest BCUT2D eigenvalue weighted by atomic mass is 16.5. The van der Waals surface area contributed by atoms with E-state index in [1.54, 1.807) is 0 Å². The van der Waals surface area contributed by atoms with Gasteiger partial charge in [0.15, 0.2) is 0 Å². The second kappa shape index (κ2) is 7.63. The number of ether oxygens (including phenoxy) is 1. The van der Waals surface area contributed by atoms with E-state index in [1.165, 1.54) is 12.0 Å². The fourth-order valence-corrected chi connectivity index (χ4v) is 2.71. The molecule has 1 saturated heterocycles. The van der Waals surface area contributed by atoms with Gasteiger partial charge in [-0.05, 0) is 37.7 Å². The van der Waals surface area contributed by atoms with Gasteiger partial charge in [-0.15, -0.1) is 0 Å². The van der Waals surface area contributed by atoms with Gasteiger partial charge in [-0.1, -0.05) is 30.3 Å². The molecule has 1 fully saturated rings. The Morgan fingerprint density at radius 3 is 2.79 bits per heavy atom. The molecule has 19 heavy (non-hydrogen) atoms. The van der Waals surface area contributed by atoms with E-state index >= 15 is 0 Å². The van der Waals surface area contributed by atoms with Crippen LogP contribution in [-0.4, -0.2) is 31.0 Å². The Morgan fingerprint density at radius 2 is 2.16 bits per heavy atom. The third kappa shape index (κ3) is 4.60. The Morgan fingerprint density at radius 1 is 1.37 bits per heavy atom. The standard InChI is InChI=1S/C16H25NO2/c1-13(7-9-18)17-16(11-14-8-10-19-12-14)15-5-3-2-4-6-15/h2-6,13-14,16-18H,7-12H2,1H3. The lowest BCUT2D eigenvalue weighted by Gasteiger charge is -2.25. The molecule has 0 radical (unpaired) electrons. The SMILES string of the molecule is CC(CCO)NC(CC1CCOC1)c1ccccc1. The zero-order valence-electron chi connectivity index (χ0n) is 11.7. The Kier molecular flexibility index (Phi) is 5.83. The van der Waals surface area contributed by atoms with Crippen molar-refractivity contribution in [2.75, 3.05) is 19.8 Å². The van der Waals surface area contributed by atoms with Crippen LogP contribution >= 0.6 is 0 Å². The van der Waals surface area contributed by atoms with Gasteiger partial charge in [-0.3, -0.25) is 0 Å². The van der Waals surface area contributed by atoms with Crippen molar-refractivity contribution in [1.82, 2.24) is 5.32 Å². The van der Waals surface area contributed by atoms with Crippen LogP contribution < -0.4 is 5.32 Å². The fraction of sp³-hybridized carbons (Fsp3) is 0.625. The van der Waals surface area contributed by atoms with Crippen LogP contribution in [0.1, 0.15) is 37.8 Å². The first kappa shape index (κ1) is 14.5. The number of aliphatic hydroxyl groups is 1. The molecular formula is C16H25NO2. The van der Waals surface area contributed by atoms with Gasteiger partial charge < -0.3 is 15.2 Å². The lowest BCUT2D eigenvalue weighted by Crippen LogP contribution is -2.32. The smallest absolute Gasteiger partial charge is 0.0495 e. The lowest BCUT2D eigenvalue weighted by molar-refractivity contribution is 0.180. The van der Waals surface area contributed by atoms with E-state index in [-0.39, 0.29) is 6.61 Å². The molecule has 1 heterocycles. The zero-order valence-corrected chi connectivity index (χ0v) is 11.7. The Hall–Kier alpha value is -0.900. The predicted octanol–water partition coefficient (Wildman–Crippen LogP) is 2.51. The van der Waals surface area contributed by atoms with Gasteiger partial charge in [0.2, 0.25) is 0 Å². The monoisotopic (exact) mass is 263 g/mol. The Bertz CT molecular complexity index is 349. The third-order valence-corrected chi connectivity index (χ3v) is 3.84. The molecule has 0 aromatic heterocycles. The number of hydrogen-bond acceptors (Lipinski definition) is 3. The van der Waals surface area contributed by atoms with Crippen molar-refractivity contribution < 1.29 is 9.84 Å². The average Bonchev–Trinajstić information content (AvgIpc) is 2.92. The highest BCUT2D eigenvalue weighted by Gasteiger charge is 2.22. The maximum atomic E-state index is 9.04. The van der Waals surface area contributed by atoms with Gasteiger partial charge in [0.1, 0.15) is 0 Å². The van der Waals surface area contributed by atoms with E-state index in [9.17, 15) is 0 Å². The van der Waals surface area contributed by atoms with Crippen molar-refractivity contribution in [1.29, 1.82) is 0 Å². The molecule has 2 N–H and O–H groups in total. The number of nitrogens with one attached hydrogen (secondary N) is 1. The van der Waals surface area contributed by atoms with Crippen LogP contribution in [0.5, 0.6) is 0 Å². The van der Waals surface area contributed by atoms with Crippen LogP contribution in [-0.2, 0) is 4.74 Å². The minimum atomic E-state index is 0.238. The second-order valence-corrected chi connectivity index (χ2v) is 5.51. The summed E-state index contributed by atoms with van der Waals surface area (Å²) in [5.41, 5.74) is 1.33. The highest BCUT2D eigenvalue weighted by molar-refractivity contribution is 5.19. The van der Waals surface area contributed by atoms with E-state index < -0.39 is 0 Å². The molecule has 3 unspecified atom stereocenters. The molecule has 1 aromatic carbocycles. The van der Waals surface area contributed by atoms with Gasteiger partial charge in [0.25, 0.3) is 0 Å². The van der Waals surface area contributed by atoms with E-state index in [4.69, 9.17) is 9.84 Å². The molecule has 106 valence electrons. The first-order valence-corrected chi connectivity index (χ1v) is 7.29. The van der Waals surface area contributed by atoms with Crippen molar-refractivity contribution >= 4 is 0 Å². The summed E-state index contributed by atoms with van der Waals surface area (Å²) in [6.45, 7) is 4.16.